The molecule has 0 aliphatic heterocycles. The van der Waals surface area contributed by atoms with Crippen LogP contribution in [-0.2, 0) is 0 Å². The lowest BCUT2D eigenvalue weighted by Gasteiger charge is -1.96. The van der Waals surface area contributed by atoms with Crippen LogP contribution in [0.3, 0.4) is 0 Å². The lowest BCUT2D eigenvalue weighted by molar-refractivity contribution is 1.33. The zero-order chi connectivity index (χ0) is 12.7. The third-order valence-electron chi connectivity index (χ3n) is 2.60. The zero-order valence-corrected chi connectivity index (χ0v) is 13.5. The van der Waals surface area contributed by atoms with E-state index < -0.39 is 0 Å². The molecule has 0 spiro atoms. The fourth-order valence-corrected chi connectivity index (χ4v) is 3.21. The molecule has 2 nitrogen and oxygen atoms in total. The number of nitrogens with zero attached hydrogens (tertiary/aromatic N) is 1. The van der Waals surface area contributed by atoms with Gasteiger partial charge in [0.05, 0.1) is 10.5 Å². The van der Waals surface area contributed by atoms with Crippen LogP contribution in [0.25, 0.3) is 22.4 Å². The number of fused-ring (bicyclic) bond motifs is 1. The van der Waals surface area contributed by atoms with Crippen molar-refractivity contribution < 1.29 is 0 Å². The first-order valence-corrected chi connectivity index (χ1v) is 7.49. The molecule has 0 saturated carbocycles. The Bertz CT molecular complexity index is 739. The Balaban J connectivity index is 2.22. The number of benzene rings is 2. The molecule has 0 unspecified atom stereocenters. The van der Waals surface area contributed by atoms with Gasteiger partial charge in [0, 0.05) is 13.6 Å². The van der Waals surface area contributed by atoms with E-state index in [0.29, 0.717) is 5.02 Å². The number of imidazole rings is 1. The minimum Gasteiger partial charge on any atom is -0.338 e. The molecule has 3 rings (SSSR count). The number of hydrogen-bond acceptors (Lipinski definition) is 1. The second-order valence-electron chi connectivity index (χ2n) is 3.88. The molecule has 0 aliphatic carbocycles. The molecular weight excluding hydrogens is 426 g/mol. The molecule has 2 aromatic carbocycles. The molecule has 90 valence electrons. The summed E-state index contributed by atoms with van der Waals surface area (Å²) in [4.78, 5) is 7.84. The number of nitrogens with one attached hydrogen (secondary N) is 1. The molecule has 1 heterocycles. The van der Waals surface area contributed by atoms with Crippen LogP contribution in [0.5, 0.6) is 0 Å². The van der Waals surface area contributed by atoms with Crippen LogP contribution in [0.4, 0.5) is 0 Å². The van der Waals surface area contributed by atoms with Crippen LogP contribution in [0.2, 0.25) is 5.02 Å². The van der Waals surface area contributed by atoms with Crippen LogP contribution >= 0.6 is 50.1 Å². The van der Waals surface area contributed by atoms with E-state index >= 15 is 0 Å². The maximum Gasteiger partial charge on any atom is 0.138 e. The fourth-order valence-electron chi connectivity index (χ4n) is 1.81. The second kappa shape index (κ2) is 4.83. The van der Waals surface area contributed by atoms with Gasteiger partial charge < -0.3 is 4.98 Å². The van der Waals surface area contributed by atoms with Gasteiger partial charge in [-0.2, -0.15) is 0 Å². The topological polar surface area (TPSA) is 28.7 Å². The first-order chi connectivity index (χ1) is 8.63. The van der Waals surface area contributed by atoms with Crippen LogP contribution < -0.4 is 0 Å². The fraction of sp³-hybridized carbons (Fsp3) is 0. The van der Waals surface area contributed by atoms with Crippen LogP contribution in [0, 0.1) is 3.57 Å². The number of aromatic nitrogens is 2. The van der Waals surface area contributed by atoms with Gasteiger partial charge in [-0.3, -0.25) is 0 Å². The molecule has 0 fully saturated rings. The van der Waals surface area contributed by atoms with E-state index in [1.54, 1.807) is 0 Å². The van der Waals surface area contributed by atoms with E-state index in [-0.39, 0.29) is 0 Å². The highest BCUT2D eigenvalue weighted by atomic mass is 127. The van der Waals surface area contributed by atoms with E-state index in [9.17, 15) is 0 Å². The standard InChI is InChI=1S/C13H7BrClIN2/c14-8-5-10(15)12-11(6-8)17-13(18-12)7-2-1-3-9(16)4-7/h1-6H,(H,17,18). The van der Waals surface area contributed by atoms with Gasteiger partial charge in [-0.15, -0.1) is 0 Å². The quantitative estimate of drug-likeness (QED) is 0.522. The lowest BCUT2D eigenvalue weighted by atomic mass is 10.2. The molecule has 0 atom stereocenters. The summed E-state index contributed by atoms with van der Waals surface area (Å²) in [6, 6.07) is 12.0. The Labute approximate surface area is 131 Å². The normalized spacial score (nSPS) is 11.1. The molecule has 0 amide bonds. The molecule has 1 aromatic heterocycles. The van der Waals surface area contributed by atoms with E-state index in [1.807, 2.05) is 24.3 Å². The minimum atomic E-state index is 0.646. The van der Waals surface area contributed by atoms with Gasteiger partial charge >= 0.3 is 0 Å². The van der Waals surface area contributed by atoms with E-state index in [2.05, 4.69) is 60.6 Å². The predicted octanol–water partition coefficient (Wildman–Crippen LogP) is 5.25. The van der Waals surface area contributed by atoms with Crippen molar-refractivity contribution in [2.45, 2.75) is 0 Å². The average Bonchev–Trinajstić information content (AvgIpc) is 2.73. The lowest BCUT2D eigenvalue weighted by Crippen LogP contribution is -1.80. The molecule has 3 aromatic rings. The predicted molar refractivity (Wildman–Crippen MR) is 87.0 cm³/mol. The van der Waals surface area contributed by atoms with Crippen molar-refractivity contribution in [1.29, 1.82) is 0 Å². The summed E-state index contributed by atoms with van der Waals surface area (Å²) in [5.41, 5.74) is 2.79. The molecule has 0 bridgehead atoms. The third-order valence-corrected chi connectivity index (χ3v) is 4.02. The van der Waals surface area contributed by atoms with Gasteiger partial charge in [0.1, 0.15) is 11.3 Å². The average molecular weight is 433 g/mol. The SMILES string of the molecule is Clc1cc(Br)cc2[nH]c(-c3cccc(I)c3)nc12. The maximum atomic E-state index is 6.18. The van der Waals surface area contributed by atoms with Crippen molar-refractivity contribution in [3.8, 4) is 11.4 Å². The Morgan fingerprint density at radius 1 is 1.22 bits per heavy atom. The number of halogens is 3. The zero-order valence-electron chi connectivity index (χ0n) is 9.05. The molecule has 5 heteroatoms. The minimum absolute atomic E-state index is 0.646. The molecule has 18 heavy (non-hydrogen) atoms. The number of rotatable bonds is 1. The van der Waals surface area contributed by atoms with Gasteiger partial charge in [-0.25, -0.2) is 4.98 Å². The van der Waals surface area contributed by atoms with Crippen LogP contribution in [-0.4, -0.2) is 9.97 Å². The summed E-state index contributed by atoms with van der Waals surface area (Å²) in [5.74, 6) is 0.837. The van der Waals surface area contributed by atoms with E-state index in [0.717, 1.165) is 26.9 Å². The Kier molecular flexibility index (Phi) is 3.34. The number of hydrogen-bond donors (Lipinski definition) is 1. The summed E-state index contributed by atoms with van der Waals surface area (Å²) in [5, 5.41) is 0.646. The molecule has 1 N–H and O–H groups in total. The second-order valence-corrected chi connectivity index (χ2v) is 6.45. The highest BCUT2D eigenvalue weighted by Crippen LogP contribution is 2.29. The Hall–Kier alpha value is -0.590. The highest BCUT2D eigenvalue weighted by molar-refractivity contribution is 14.1. The van der Waals surface area contributed by atoms with Crippen molar-refractivity contribution in [3.63, 3.8) is 0 Å². The van der Waals surface area contributed by atoms with Gasteiger partial charge in [-0.1, -0.05) is 39.7 Å². The largest absolute Gasteiger partial charge is 0.338 e. The molecular formula is C13H7BrClIN2. The first-order valence-electron chi connectivity index (χ1n) is 5.24. The van der Waals surface area contributed by atoms with Crippen molar-refractivity contribution in [1.82, 2.24) is 9.97 Å². The maximum absolute atomic E-state index is 6.18. The smallest absolute Gasteiger partial charge is 0.138 e. The van der Waals surface area contributed by atoms with E-state index in [1.165, 1.54) is 3.57 Å². The van der Waals surface area contributed by atoms with Gasteiger partial charge in [0.15, 0.2) is 0 Å². The molecule has 0 radical (unpaired) electrons. The van der Waals surface area contributed by atoms with Gasteiger partial charge in [-0.05, 0) is 46.9 Å². The van der Waals surface area contributed by atoms with Gasteiger partial charge in [0.25, 0.3) is 0 Å². The summed E-state index contributed by atoms with van der Waals surface area (Å²) >= 11 is 11.9. The Morgan fingerprint density at radius 3 is 2.83 bits per heavy atom. The van der Waals surface area contributed by atoms with E-state index in [4.69, 9.17) is 11.6 Å². The van der Waals surface area contributed by atoms with Gasteiger partial charge in [0.2, 0.25) is 0 Å². The van der Waals surface area contributed by atoms with Crippen molar-refractivity contribution >= 4 is 61.2 Å². The van der Waals surface area contributed by atoms with Crippen molar-refractivity contribution in [2.24, 2.45) is 0 Å². The van der Waals surface area contributed by atoms with Crippen LogP contribution in [0.1, 0.15) is 0 Å². The summed E-state index contributed by atoms with van der Waals surface area (Å²) in [6.07, 6.45) is 0. The molecule has 0 aliphatic rings. The highest BCUT2D eigenvalue weighted by Gasteiger charge is 2.09. The third kappa shape index (κ3) is 2.29. The Morgan fingerprint density at radius 2 is 2.06 bits per heavy atom. The van der Waals surface area contributed by atoms with Crippen LogP contribution in [0.15, 0.2) is 40.9 Å². The molecule has 0 saturated heterocycles. The number of H-pyrrole nitrogens is 1. The first kappa shape index (κ1) is 12.4. The monoisotopic (exact) mass is 432 g/mol. The summed E-state index contributed by atoms with van der Waals surface area (Å²) in [6.45, 7) is 0. The number of aromatic amines is 1. The summed E-state index contributed by atoms with van der Waals surface area (Å²) in [7, 11) is 0. The van der Waals surface area contributed by atoms with Crippen molar-refractivity contribution in [2.75, 3.05) is 0 Å². The summed E-state index contributed by atoms with van der Waals surface area (Å²) < 4.78 is 2.12. The van der Waals surface area contributed by atoms with Crippen molar-refractivity contribution in [3.05, 3.63) is 49.5 Å².